The summed E-state index contributed by atoms with van der Waals surface area (Å²) in [6, 6.07) is 7.17. The van der Waals surface area contributed by atoms with Gasteiger partial charge in [0, 0.05) is 25.6 Å². The second kappa shape index (κ2) is 7.55. The molecule has 0 bridgehead atoms. The molecule has 1 amide bonds. The highest BCUT2D eigenvalue weighted by Crippen LogP contribution is 2.28. The Bertz CT molecular complexity index is 1220. The fourth-order valence-electron chi connectivity index (χ4n) is 3.28. The molecule has 0 spiro atoms. The van der Waals surface area contributed by atoms with Crippen molar-refractivity contribution in [1.82, 2.24) is 19.7 Å². The molecule has 1 aromatic carbocycles. The first kappa shape index (κ1) is 20.1. The van der Waals surface area contributed by atoms with E-state index < -0.39 is 17.5 Å². The normalized spacial score (nSPS) is 18.5. The lowest BCUT2D eigenvalue weighted by Gasteiger charge is -2.13. The van der Waals surface area contributed by atoms with Crippen LogP contribution in [0, 0.1) is 18.8 Å². The molecule has 1 aliphatic heterocycles. The van der Waals surface area contributed by atoms with Crippen molar-refractivity contribution in [1.29, 1.82) is 0 Å². The van der Waals surface area contributed by atoms with E-state index in [4.69, 9.17) is 4.74 Å². The van der Waals surface area contributed by atoms with Gasteiger partial charge in [-0.3, -0.25) is 4.79 Å². The van der Waals surface area contributed by atoms with Gasteiger partial charge in [0.15, 0.2) is 11.3 Å². The van der Waals surface area contributed by atoms with Crippen LogP contribution >= 0.6 is 11.3 Å². The lowest BCUT2D eigenvalue weighted by molar-refractivity contribution is -0.137. The van der Waals surface area contributed by atoms with Crippen LogP contribution in [0.5, 0.6) is 0 Å². The van der Waals surface area contributed by atoms with Gasteiger partial charge in [0.2, 0.25) is 5.60 Å². The van der Waals surface area contributed by atoms with E-state index in [1.807, 2.05) is 13.0 Å². The number of likely N-dealkylation sites (tertiary alicyclic amines) is 1. The summed E-state index contributed by atoms with van der Waals surface area (Å²) < 4.78 is 7.37. The van der Waals surface area contributed by atoms with Gasteiger partial charge in [0.05, 0.1) is 17.3 Å². The van der Waals surface area contributed by atoms with Gasteiger partial charge in [0.1, 0.15) is 4.70 Å². The van der Waals surface area contributed by atoms with Crippen molar-refractivity contribution in [2.75, 3.05) is 20.2 Å². The molecule has 1 saturated heterocycles. The van der Waals surface area contributed by atoms with Crippen LogP contribution in [0.1, 0.15) is 34.4 Å². The number of hydrogen-bond donors (Lipinski definition) is 1. The molecule has 0 saturated carbocycles. The molecule has 4 rings (SSSR count). The third-order valence-corrected chi connectivity index (χ3v) is 5.78. The summed E-state index contributed by atoms with van der Waals surface area (Å²) in [4.78, 5) is 30.4. The Labute approximate surface area is 177 Å². The topological polar surface area (TPSA) is 97.5 Å². The first-order chi connectivity index (χ1) is 14.3. The molecule has 0 aliphatic carbocycles. The number of hydrogen-bond acceptors (Lipinski definition) is 7. The molecule has 3 aromatic rings. The Morgan fingerprint density at radius 1 is 1.43 bits per heavy atom. The number of carbonyl (C=O) groups excluding carboxylic acids is 2. The first-order valence-electron chi connectivity index (χ1n) is 9.47. The minimum Gasteiger partial charge on any atom is -0.461 e. The number of likely N-dealkylation sites (N-methyl/N-ethyl adjacent to an activating group) is 1. The van der Waals surface area contributed by atoms with Gasteiger partial charge >= 0.3 is 5.97 Å². The van der Waals surface area contributed by atoms with E-state index in [1.165, 1.54) is 16.2 Å². The second-order valence-electron chi connectivity index (χ2n) is 7.00. The molecule has 154 valence electrons. The van der Waals surface area contributed by atoms with E-state index >= 15 is 0 Å². The fourth-order valence-corrected chi connectivity index (χ4v) is 4.15. The molecule has 9 heteroatoms. The van der Waals surface area contributed by atoms with Crippen molar-refractivity contribution in [2.45, 2.75) is 25.9 Å². The summed E-state index contributed by atoms with van der Waals surface area (Å²) in [6.45, 7) is 4.33. The number of thiazole rings is 1. The highest BCUT2D eigenvalue weighted by atomic mass is 32.1. The number of rotatable bonds is 3. The summed E-state index contributed by atoms with van der Waals surface area (Å²) in [5, 5.41) is 15.7. The molecule has 1 fully saturated rings. The average Bonchev–Trinajstić information content (AvgIpc) is 3.35. The zero-order chi connectivity index (χ0) is 21.5. The second-order valence-corrected chi connectivity index (χ2v) is 8.21. The molecular weight excluding hydrogens is 404 g/mol. The predicted octanol–water partition coefficient (Wildman–Crippen LogP) is 1.91. The number of nitrogens with zero attached hydrogens (tertiary/aromatic N) is 4. The number of aliphatic hydroxyl groups is 1. The standard InChI is InChI=1S/C21H20N4O4S/c1-4-29-19(26)16-17-18(22-13(2)30-17)25(23-16)15-7-5-6-14(12-15)8-9-21(28)10-11-24(3)20(21)27/h5-7,12,28H,4,10-11H2,1-3H3. The highest BCUT2D eigenvalue weighted by Gasteiger charge is 2.42. The SMILES string of the molecule is CCOC(=O)c1nn(-c2cccc(C#CC3(O)CCN(C)C3=O)c2)c2nc(C)sc12. The summed E-state index contributed by atoms with van der Waals surface area (Å²) in [5.74, 6) is 4.72. The van der Waals surface area contributed by atoms with E-state index in [0.717, 1.165) is 5.01 Å². The first-order valence-corrected chi connectivity index (χ1v) is 10.3. The Morgan fingerprint density at radius 2 is 2.23 bits per heavy atom. The van der Waals surface area contributed by atoms with Gasteiger partial charge in [-0.2, -0.15) is 5.10 Å². The van der Waals surface area contributed by atoms with Crippen molar-refractivity contribution in [3.05, 3.63) is 40.5 Å². The quantitative estimate of drug-likeness (QED) is 0.510. The Kier molecular flexibility index (Phi) is 5.05. The molecule has 1 N–H and O–H groups in total. The zero-order valence-electron chi connectivity index (χ0n) is 16.8. The van der Waals surface area contributed by atoms with Crippen LogP contribution in [0.15, 0.2) is 24.3 Å². The van der Waals surface area contributed by atoms with Crippen LogP contribution in [0.2, 0.25) is 0 Å². The van der Waals surface area contributed by atoms with Gasteiger partial charge in [0.25, 0.3) is 5.91 Å². The van der Waals surface area contributed by atoms with E-state index in [2.05, 4.69) is 21.9 Å². The number of carbonyl (C=O) groups is 2. The average molecular weight is 424 g/mol. The Hall–Kier alpha value is -3.22. The summed E-state index contributed by atoms with van der Waals surface area (Å²) in [7, 11) is 1.64. The lowest BCUT2D eigenvalue weighted by Crippen LogP contribution is -2.37. The van der Waals surface area contributed by atoms with Crippen molar-refractivity contribution < 1.29 is 19.4 Å². The molecule has 1 unspecified atom stereocenters. The summed E-state index contributed by atoms with van der Waals surface area (Å²) >= 11 is 1.38. The van der Waals surface area contributed by atoms with Crippen LogP contribution in [0.3, 0.4) is 0 Å². The molecule has 30 heavy (non-hydrogen) atoms. The third-order valence-electron chi connectivity index (χ3n) is 4.81. The largest absolute Gasteiger partial charge is 0.461 e. The third kappa shape index (κ3) is 3.44. The maximum absolute atomic E-state index is 12.3. The number of aryl methyl sites for hydroxylation is 1. The fraction of sp³-hybridized carbons (Fsp3) is 0.333. The summed E-state index contributed by atoms with van der Waals surface area (Å²) in [5.41, 5.74) is 0.401. The minimum atomic E-state index is -1.66. The lowest BCUT2D eigenvalue weighted by atomic mass is 10.0. The van der Waals surface area contributed by atoms with Crippen LogP contribution in [-0.4, -0.2) is 62.4 Å². The van der Waals surface area contributed by atoms with E-state index in [1.54, 1.807) is 36.9 Å². The predicted molar refractivity (Wildman–Crippen MR) is 112 cm³/mol. The van der Waals surface area contributed by atoms with Crippen LogP contribution in [0.25, 0.3) is 16.0 Å². The Balaban J connectivity index is 1.74. The monoisotopic (exact) mass is 424 g/mol. The number of benzene rings is 1. The van der Waals surface area contributed by atoms with Gasteiger partial charge in [-0.25, -0.2) is 14.5 Å². The van der Waals surface area contributed by atoms with Crippen LogP contribution < -0.4 is 0 Å². The van der Waals surface area contributed by atoms with E-state index in [9.17, 15) is 14.7 Å². The van der Waals surface area contributed by atoms with Crippen LogP contribution in [0.4, 0.5) is 0 Å². The summed E-state index contributed by atoms with van der Waals surface area (Å²) in [6.07, 6.45) is 0.274. The van der Waals surface area contributed by atoms with E-state index in [0.29, 0.717) is 28.1 Å². The molecule has 1 atom stereocenters. The van der Waals surface area contributed by atoms with Gasteiger partial charge in [-0.05, 0) is 32.0 Å². The van der Waals surface area contributed by atoms with Gasteiger partial charge < -0.3 is 14.7 Å². The number of ether oxygens (including phenoxy) is 1. The minimum absolute atomic E-state index is 0.225. The number of amides is 1. The zero-order valence-corrected chi connectivity index (χ0v) is 17.6. The smallest absolute Gasteiger partial charge is 0.360 e. The molecule has 1 aliphatic rings. The highest BCUT2D eigenvalue weighted by molar-refractivity contribution is 7.18. The molecule has 3 heterocycles. The maximum atomic E-state index is 12.3. The van der Waals surface area contributed by atoms with E-state index in [-0.39, 0.29) is 18.7 Å². The molecule has 8 nitrogen and oxygen atoms in total. The van der Waals surface area contributed by atoms with Gasteiger partial charge in [-0.15, -0.1) is 11.3 Å². The molecule has 2 aromatic heterocycles. The molecule has 0 radical (unpaired) electrons. The van der Waals surface area contributed by atoms with Crippen LogP contribution in [-0.2, 0) is 9.53 Å². The van der Waals surface area contributed by atoms with Crippen molar-refractivity contribution >= 4 is 33.6 Å². The number of fused-ring (bicyclic) bond motifs is 1. The maximum Gasteiger partial charge on any atom is 0.360 e. The molecular formula is C21H20N4O4S. The van der Waals surface area contributed by atoms with Gasteiger partial charge in [-0.1, -0.05) is 17.9 Å². The van der Waals surface area contributed by atoms with Crippen molar-refractivity contribution in [3.8, 4) is 17.5 Å². The Morgan fingerprint density at radius 3 is 2.93 bits per heavy atom. The number of esters is 1. The number of aromatic nitrogens is 3. The van der Waals surface area contributed by atoms with Crippen molar-refractivity contribution in [3.63, 3.8) is 0 Å². The van der Waals surface area contributed by atoms with Crippen molar-refractivity contribution in [2.24, 2.45) is 0 Å².